The maximum Gasteiger partial charge on any atom is 0.0547 e. The molecule has 3 unspecified atom stereocenters. The summed E-state index contributed by atoms with van der Waals surface area (Å²) in [5.41, 5.74) is 2.30. The van der Waals surface area contributed by atoms with Gasteiger partial charge in [0.25, 0.3) is 0 Å². The molecule has 3 heteroatoms. The van der Waals surface area contributed by atoms with Crippen LogP contribution in [0.4, 0.5) is 0 Å². The Balaban J connectivity index is 1.54. The number of hydrogen-bond donors (Lipinski definition) is 1. The molecule has 0 aliphatic carbocycles. The molecule has 0 aromatic carbocycles. The minimum absolute atomic E-state index is 0.780. The van der Waals surface area contributed by atoms with Crippen LogP contribution in [0.1, 0.15) is 30.7 Å². The molecular formula is C15H23N3. The van der Waals surface area contributed by atoms with E-state index >= 15 is 0 Å². The van der Waals surface area contributed by atoms with Crippen LogP contribution in [0.3, 0.4) is 0 Å². The summed E-state index contributed by atoms with van der Waals surface area (Å²) >= 11 is 0. The van der Waals surface area contributed by atoms with E-state index in [1.165, 1.54) is 31.5 Å². The largest absolute Gasteiger partial charge is 0.311 e. The van der Waals surface area contributed by atoms with E-state index in [0.29, 0.717) is 0 Å². The van der Waals surface area contributed by atoms with Crippen molar-refractivity contribution in [3.63, 3.8) is 0 Å². The highest BCUT2D eigenvalue weighted by Gasteiger charge is 2.39. The molecule has 0 spiro atoms. The molecule has 1 aromatic heterocycles. The molecule has 3 rings (SSSR count). The predicted octanol–water partition coefficient (Wildman–Crippen LogP) is 1.96. The maximum atomic E-state index is 4.58. The van der Waals surface area contributed by atoms with Crippen molar-refractivity contribution in [2.24, 2.45) is 5.92 Å². The Morgan fingerprint density at radius 2 is 2.28 bits per heavy atom. The smallest absolute Gasteiger partial charge is 0.0547 e. The summed E-state index contributed by atoms with van der Waals surface area (Å²) in [5.74, 6) is 0.846. The lowest BCUT2D eigenvalue weighted by Crippen LogP contribution is -2.32. The van der Waals surface area contributed by atoms with Crippen LogP contribution in [0, 0.1) is 12.8 Å². The SMILES string of the molecule is Cc1cccc(CN(C)CC2CC3CCC2N3)n1. The summed E-state index contributed by atoms with van der Waals surface area (Å²) in [7, 11) is 2.22. The molecule has 0 amide bonds. The van der Waals surface area contributed by atoms with Gasteiger partial charge < -0.3 is 10.2 Å². The van der Waals surface area contributed by atoms with E-state index in [9.17, 15) is 0 Å². The van der Waals surface area contributed by atoms with Gasteiger partial charge in [0.2, 0.25) is 0 Å². The molecule has 2 aliphatic rings. The van der Waals surface area contributed by atoms with Crippen molar-refractivity contribution in [1.82, 2.24) is 15.2 Å². The van der Waals surface area contributed by atoms with Crippen LogP contribution >= 0.6 is 0 Å². The number of nitrogens with one attached hydrogen (secondary N) is 1. The molecule has 2 saturated heterocycles. The molecule has 3 atom stereocenters. The maximum absolute atomic E-state index is 4.58. The van der Waals surface area contributed by atoms with E-state index in [0.717, 1.165) is 30.2 Å². The molecule has 98 valence electrons. The van der Waals surface area contributed by atoms with Crippen molar-refractivity contribution in [3.05, 3.63) is 29.6 Å². The molecule has 1 N–H and O–H groups in total. The zero-order valence-electron chi connectivity index (χ0n) is 11.4. The number of nitrogens with zero attached hydrogens (tertiary/aromatic N) is 2. The fourth-order valence-corrected chi connectivity index (χ4v) is 3.57. The molecule has 18 heavy (non-hydrogen) atoms. The summed E-state index contributed by atoms with van der Waals surface area (Å²) in [5, 5.41) is 3.71. The van der Waals surface area contributed by atoms with E-state index < -0.39 is 0 Å². The van der Waals surface area contributed by atoms with Crippen LogP contribution in [-0.4, -0.2) is 35.6 Å². The Morgan fingerprint density at radius 3 is 2.94 bits per heavy atom. The molecule has 2 fully saturated rings. The van der Waals surface area contributed by atoms with Crippen LogP contribution in [0.25, 0.3) is 0 Å². The van der Waals surface area contributed by atoms with Crippen molar-refractivity contribution in [1.29, 1.82) is 0 Å². The van der Waals surface area contributed by atoms with Gasteiger partial charge in [0.15, 0.2) is 0 Å². The first-order valence-electron chi connectivity index (χ1n) is 7.08. The molecular weight excluding hydrogens is 222 g/mol. The summed E-state index contributed by atoms with van der Waals surface area (Å²) in [4.78, 5) is 7.00. The fourth-order valence-electron chi connectivity index (χ4n) is 3.57. The fraction of sp³-hybridized carbons (Fsp3) is 0.667. The van der Waals surface area contributed by atoms with Gasteiger partial charge in [0.1, 0.15) is 0 Å². The van der Waals surface area contributed by atoms with Gasteiger partial charge in [-0.3, -0.25) is 4.98 Å². The highest BCUT2D eigenvalue weighted by molar-refractivity contribution is 5.09. The summed E-state index contributed by atoms with van der Waals surface area (Å²) in [6.45, 7) is 4.22. The van der Waals surface area contributed by atoms with Crippen LogP contribution < -0.4 is 5.32 Å². The van der Waals surface area contributed by atoms with Gasteiger partial charge in [0.05, 0.1) is 5.69 Å². The number of hydrogen-bond acceptors (Lipinski definition) is 3. The average molecular weight is 245 g/mol. The number of aromatic nitrogens is 1. The van der Waals surface area contributed by atoms with Gasteiger partial charge in [-0.05, 0) is 51.3 Å². The number of pyridine rings is 1. The zero-order chi connectivity index (χ0) is 12.5. The van der Waals surface area contributed by atoms with E-state index in [2.05, 4.69) is 47.4 Å². The first kappa shape index (κ1) is 12.1. The van der Waals surface area contributed by atoms with Gasteiger partial charge in [-0.1, -0.05) is 6.07 Å². The Morgan fingerprint density at radius 1 is 1.39 bits per heavy atom. The van der Waals surface area contributed by atoms with E-state index in [4.69, 9.17) is 0 Å². The lowest BCUT2D eigenvalue weighted by Gasteiger charge is -2.26. The lowest BCUT2D eigenvalue weighted by molar-refractivity contribution is 0.240. The van der Waals surface area contributed by atoms with Gasteiger partial charge in [-0.2, -0.15) is 0 Å². The second-order valence-corrected chi connectivity index (χ2v) is 6.01. The van der Waals surface area contributed by atoms with E-state index in [1.807, 2.05) is 0 Å². The van der Waals surface area contributed by atoms with Gasteiger partial charge in [-0.25, -0.2) is 0 Å². The second-order valence-electron chi connectivity index (χ2n) is 6.01. The number of fused-ring (bicyclic) bond motifs is 2. The van der Waals surface area contributed by atoms with Gasteiger partial charge in [0, 0.05) is 30.9 Å². The van der Waals surface area contributed by atoms with Crippen molar-refractivity contribution < 1.29 is 0 Å². The van der Waals surface area contributed by atoms with Crippen molar-refractivity contribution >= 4 is 0 Å². The minimum Gasteiger partial charge on any atom is -0.311 e. The van der Waals surface area contributed by atoms with Crippen LogP contribution in [-0.2, 0) is 6.54 Å². The zero-order valence-corrected chi connectivity index (χ0v) is 11.4. The molecule has 0 radical (unpaired) electrons. The topological polar surface area (TPSA) is 28.2 Å². The van der Waals surface area contributed by atoms with Crippen LogP contribution in [0.15, 0.2) is 18.2 Å². The number of aryl methyl sites for hydroxylation is 1. The standard InChI is InChI=1S/C15H23N3/c1-11-4-3-5-14(16-11)10-18(2)9-12-8-13-6-7-15(12)17-13/h3-5,12-13,15,17H,6-10H2,1-2H3. The summed E-state index contributed by atoms with van der Waals surface area (Å²) in [6.07, 6.45) is 4.15. The second kappa shape index (κ2) is 4.98. The van der Waals surface area contributed by atoms with E-state index in [-0.39, 0.29) is 0 Å². The highest BCUT2D eigenvalue weighted by Crippen LogP contribution is 2.33. The molecule has 0 saturated carbocycles. The normalized spacial score (nSPS) is 30.3. The lowest BCUT2D eigenvalue weighted by atomic mass is 9.89. The Bertz CT molecular complexity index is 418. The third-order valence-electron chi connectivity index (χ3n) is 4.36. The Hall–Kier alpha value is -0.930. The highest BCUT2D eigenvalue weighted by atomic mass is 15.1. The van der Waals surface area contributed by atoms with E-state index in [1.54, 1.807) is 0 Å². The molecule has 3 heterocycles. The van der Waals surface area contributed by atoms with Crippen LogP contribution in [0.2, 0.25) is 0 Å². The van der Waals surface area contributed by atoms with Crippen LogP contribution in [0.5, 0.6) is 0 Å². The van der Waals surface area contributed by atoms with Crippen molar-refractivity contribution in [3.8, 4) is 0 Å². The molecule has 2 aliphatic heterocycles. The molecule has 1 aromatic rings. The monoisotopic (exact) mass is 245 g/mol. The molecule has 3 nitrogen and oxygen atoms in total. The first-order valence-corrected chi connectivity index (χ1v) is 7.08. The summed E-state index contributed by atoms with van der Waals surface area (Å²) < 4.78 is 0. The Labute approximate surface area is 110 Å². The quantitative estimate of drug-likeness (QED) is 0.879. The summed E-state index contributed by atoms with van der Waals surface area (Å²) in [6, 6.07) is 7.88. The van der Waals surface area contributed by atoms with Crippen molar-refractivity contribution in [2.45, 2.75) is 44.8 Å². The average Bonchev–Trinajstić information content (AvgIpc) is 2.90. The molecule has 2 bridgehead atoms. The third-order valence-corrected chi connectivity index (χ3v) is 4.36. The number of rotatable bonds is 4. The minimum atomic E-state index is 0.780. The Kier molecular flexibility index (Phi) is 3.35. The van der Waals surface area contributed by atoms with Crippen molar-refractivity contribution in [2.75, 3.05) is 13.6 Å². The third kappa shape index (κ3) is 2.57. The van der Waals surface area contributed by atoms with Gasteiger partial charge in [-0.15, -0.1) is 0 Å². The van der Waals surface area contributed by atoms with Gasteiger partial charge >= 0.3 is 0 Å². The first-order chi connectivity index (χ1) is 8.70. The predicted molar refractivity (Wildman–Crippen MR) is 73.4 cm³/mol.